The van der Waals surface area contributed by atoms with Gasteiger partial charge in [0.15, 0.2) is 0 Å². The summed E-state index contributed by atoms with van der Waals surface area (Å²) in [7, 11) is 0. The Bertz CT molecular complexity index is 763. The monoisotopic (exact) mass is 420 g/mol. The van der Waals surface area contributed by atoms with Gasteiger partial charge in [-0.05, 0) is 44.7 Å². The van der Waals surface area contributed by atoms with Gasteiger partial charge in [0.25, 0.3) is 0 Å². The molecule has 3 N–H and O–H groups in total. The van der Waals surface area contributed by atoms with Crippen LogP contribution in [0.1, 0.15) is 31.9 Å². The van der Waals surface area contributed by atoms with E-state index in [1.54, 1.807) is 20.8 Å². The number of halogens is 1. The van der Waals surface area contributed by atoms with E-state index in [1.807, 2.05) is 60.7 Å². The molecule has 0 aliphatic rings. The van der Waals surface area contributed by atoms with Crippen molar-refractivity contribution in [3.8, 4) is 0 Å². The Morgan fingerprint density at radius 2 is 1.28 bits per heavy atom. The fourth-order valence-corrected chi connectivity index (χ4v) is 2.67. The van der Waals surface area contributed by atoms with Crippen molar-refractivity contribution < 1.29 is 19.4 Å². The lowest BCUT2D eigenvalue weighted by molar-refractivity contribution is -0.158. The van der Waals surface area contributed by atoms with Crippen LogP contribution in [0.5, 0.6) is 0 Å². The van der Waals surface area contributed by atoms with Crippen LogP contribution < -0.4 is 10.9 Å². The molecular weight excluding hydrogens is 392 g/mol. The second kappa shape index (κ2) is 11.6. The molecule has 2 rings (SSSR count). The molecule has 29 heavy (non-hydrogen) atoms. The Kier molecular flexibility index (Phi) is 9.81. The van der Waals surface area contributed by atoms with Crippen molar-refractivity contribution in [2.45, 2.75) is 51.3 Å². The number of carbonyl (C=O) groups excluding carboxylic acids is 1. The van der Waals surface area contributed by atoms with Crippen molar-refractivity contribution >= 4 is 24.3 Å². The molecule has 0 saturated carbocycles. The molecule has 0 heterocycles. The van der Waals surface area contributed by atoms with E-state index in [9.17, 15) is 14.7 Å². The van der Waals surface area contributed by atoms with Gasteiger partial charge < -0.3 is 9.84 Å². The Morgan fingerprint density at radius 1 is 0.862 bits per heavy atom. The normalized spacial score (nSPS) is 13.1. The maximum absolute atomic E-state index is 12.6. The quantitative estimate of drug-likeness (QED) is 0.426. The molecule has 0 unspecified atom stereocenters. The first-order chi connectivity index (χ1) is 13.2. The number of carbonyl (C=O) groups is 2. The fourth-order valence-electron chi connectivity index (χ4n) is 2.67. The largest absolute Gasteiger partial charge is 0.480 e. The number of nitrogens with one attached hydrogen (secondary N) is 2. The van der Waals surface area contributed by atoms with E-state index in [0.717, 1.165) is 11.1 Å². The van der Waals surface area contributed by atoms with Gasteiger partial charge in [0.1, 0.15) is 17.7 Å². The van der Waals surface area contributed by atoms with Crippen molar-refractivity contribution in [2.75, 3.05) is 0 Å². The van der Waals surface area contributed by atoms with Crippen molar-refractivity contribution in [3.05, 3.63) is 71.8 Å². The first-order valence-electron chi connectivity index (χ1n) is 9.29. The summed E-state index contributed by atoms with van der Waals surface area (Å²) < 4.78 is 5.49. The average molecular weight is 421 g/mol. The molecule has 7 heteroatoms. The minimum Gasteiger partial charge on any atom is -0.480 e. The lowest BCUT2D eigenvalue weighted by atomic mass is 10.1. The van der Waals surface area contributed by atoms with Crippen LogP contribution in [0.3, 0.4) is 0 Å². The van der Waals surface area contributed by atoms with E-state index in [-0.39, 0.29) is 18.8 Å². The number of carboxylic acids is 1. The number of hydrazine groups is 1. The summed E-state index contributed by atoms with van der Waals surface area (Å²) in [5.74, 6) is -1.44. The predicted octanol–water partition coefficient (Wildman–Crippen LogP) is 3.15. The zero-order chi connectivity index (χ0) is 20.6. The van der Waals surface area contributed by atoms with Crippen molar-refractivity contribution in [3.63, 3.8) is 0 Å². The zero-order valence-corrected chi connectivity index (χ0v) is 17.7. The summed E-state index contributed by atoms with van der Waals surface area (Å²) in [6.45, 7) is 5.40. The van der Waals surface area contributed by atoms with E-state index >= 15 is 0 Å². The molecule has 0 spiro atoms. The predicted molar refractivity (Wildman–Crippen MR) is 115 cm³/mol. The highest BCUT2D eigenvalue weighted by Crippen LogP contribution is 2.11. The van der Waals surface area contributed by atoms with Crippen LogP contribution in [0.15, 0.2) is 60.7 Å². The highest BCUT2D eigenvalue weighted by Gasteiger charge is 2.27. The summed E-state index contributed by atoms with van der Waals surface area (Å²) in [5, 5.41) is 9.54. The topological polar surface area (TPSA) is 87.7 Å². The van der Waals surface area contributed by atoms with Crippen molar-refractivity contribution in [1.29, 1.82) is 0 Å². The molecule has 6 nitrogen and oxygen atoms in total. The molecule has 2 atom stereocenters. The maximum atomic E-state index is 12.6. The van der Waals surface area contributed by atoms with Crippen LogP contribution in [0.25, 0.3) is 0 Å². The molecule has 0 aromatic heterocycles. The molecule has 0 amide bonds. The van der Waals surface area contributed by atoms with Gasteiger partial charge in [-0.15, -0.1) is 12.4 Å². The van der Waals surface area contributed by atoms with E-state index < -0.39 is 29.6 Å². The number of carboxylic acid groups (broad SMARTS) is 1. The molecular formula is C22H29ClN2O4. The Hall–Kier alpha value is -2.41. The minimum atomic E-state index is -1.00. The van der Waals surface area contributed by atoms with Gasteiger partial charge in [0.05, 0.1) is 0 Å². The number of hydrogen-bond acceptors (Lipinski definition) is 5. The van der Waals surface area contributed by atoms with Crippen LogP contribution in [-0.4, -0.2) is 34.7 Å². The molecule has 2 aromatic rings. The molecule has 0 aliphatic heterocycles. The van der Waals surface area contributed by atoms with E-state index in [4.69, 9.17) is 4.74 Å². The molecule has 0 radical (unpaired) electrons. The third kappa shape index (κ3) is 9.09. The SMILES string of the molecule is CC(C)(C)OC(=O)[C@H](Cc1ccccc1)NN[C@@H](Cc1ccccc1)C(=O)O.Cl. The van der Waals surface area contributed by atoms with Crippen LogP contribution in [-0.2, 0) is 27.2 Å². The molecule has 0 bridgehead atoms. The second-order valence-electron chi connectivity index (χ2n) is 7.65. The third-order valence-corrected chi connectivity index (χ3v) is 3.99. The standard InChI is InChI=1S/C22H28N2O4.ClH/c1-22(2,3)28-21(27)19(15-17-12-8-5-9-13-17)24-23-18(20(25)26)14-16-10-6-4-7-11-16;/h4-13,18-19,23-24H,14-15H2,1-3H3,(H,25,26);1H/t18-,19-;/m0./s1. The summed E-state index contributed by atoms with van der Waals surface area (Å²) in [4.78, 5) is 24.3. The third-order valence-electron chi connectivity index (χ3n) is 3.99. The number of ether oxygens (including phenoxy) is 1. The van der Waals surface area contributed by atoms with E-state index in [0.29, 0.717) is 6.42 Å². The summed E-state index contributed by atoms with van der Waals surface area (Å²) in [5.41, 5.74) is 6.89. The van der Waals surface area contributed by atoms with Gasteiger partial charge in [0, 0.05) is 0 Å². The first kappa shape index (κ1) is 24.6. The zero-order valence-electron chi connectivity index (χ0n) is 16.9. The van der Waals surface area contributed by atoms with Crippen LogP contribution >= 0.6 is 12.4 Å². The number of esters is 1. The summed E-state index contributed by atoms with van der Waals surface area (Å²) in [6, 6.07) is 17.2. The Morgan fingerprint density at radius 3 is 1.69 bits per heavy atom. The molecule has 158 valence electrons. The lowest BCUT2D eigenvalue weighted by Gasteiger charge is -2.26. The molecule has 2 aromatic carbocycles. The molecule has 0 saturated heterocycles. The summed E-state index contributed by atoms with van der Waals surface area (Å²) in [6.07, 6.45) is 0.663. The minimum absolute atomic E-state index is 0. The number of hydrogen-bond donors (Lipinski definition) is 3. The Balaban J connectivity index is 0.00000420. The van der Waals surface area contributed by atoms with Gasteiger partial charge in [-0.1, -0.05) is 60.7 Å². The van der Waals surface area contributed by atoms with E-state index in [1.165, 1.54) is 0 Å². The van der Waals surface area contributed by atoms with Gasteiger partial charge >= 0.3 is 11.9 Å². The van der Waals surface area contributed by atoms with Crippen LogP contribution in [0.2, 0.25) is 0 Å². The fraction of sp³-hybridized carbons (Fsp3) is 0.364. The van der Waals surface area contributed by atoms with Crippen molar-refractivity contribution in [1.82, 2.24) is 10.9 Å². The molecule has 0 aliphatic carbocycles. The van der Waals surface area contributed by atoms with E-state index in [2.05, 4.69) is 10.9 Å². The lowest BCUT2D eigenvalue weighted by Crippen LogP contribution is -2.55. The summed E-state index contributed by atoms with van der Waals surface area (Å²) >= 11 is 0. The number of benzene rings is 2. The van der Waals surface area contributed by atoms with Crippen LogP contribution in [0, 0.1) is 0 Å². The van der Waals surface area contributed by atoms with Crippen LogP contribution in [0.4, 0.5) is 0 Å². The van der Waals surface area contributed by atoms with Gasteiger partial charge in [-0.2, -0.15) is 0 Å². The second-order valence-corrected chi connectivity index (χ2v) is 7.65. The van der Waals surface area contributed by atoms with Gasteiger partial charge in [-0.3, -0.25) is 9.59 Å². The maximum Gasteiger partial charge on any atom is 0.325 e. The van der Waals surface area contributed by atoms with Gasteiger partial charge in [-0.25, -0.2) is 10.9 Å². The first-order valence-corrected chi connectivity index (χ1v) is 9.29. The highest BCUT2D eigenvalue weighted by molar-refractivity contribution is 5.85. The highest BCUT2D eigenvalue weighted by atomic mass is 35.5. The number of rotatable bonds is 9. The molecule has 0 fully saturated rings. The van der Waals surface area contributed by atoms with Crippen molar-refractivity contribution in [2.24, 2.45) is 0 Å². The van der Waals surface area contributed by atoms with Gasteiger partial charge in [0.2, 0.25) is 0 Å². The Labute approximate surface area is 178 Å². The smallest absolute Gasteiger partial charge is 0.325 e. The average Bonchev–Trinajstić information content (AvgIpc) is 2.64. The number of aliphatic carboxylic acids is 1.